The van der Waals surface area contributed by atoms with Crippen LogP contribution in [0.1, 0.15) is 0 Å². The number of hydrogen-bond acceptors (Lipinski definition) is 2. The summed E-state index contributed by atoms with van der Waals surface area (Å²) in [7, 11) is 0. The standard InChI is InChI=1S/C58H39NS/c1-2-15-42(16-3-1)49-20-6-7-21-50(49)51-22-8-9-23-52(51)53-24-10-12-27-56(53)59(46-37-38-55-54-25-11-13-28-57(54)60-58(55)39-46)45-35-33-41(34-36-45)40-29-31-44(32-30-40)48-26-14-18-43-17-4-5-19-47(43)48/h1-39H. The molecule has 0 bridgehead atoms. The fraction of sp³-hybridized carbons (Fsp3) is 0. The van der Waals surface area contributed by atoms with E-state index in [9.17, 15) is 0 Å². The number of nitrogens with zero attached hydrogens (tertiary/aromatic N) is 1. The van der Waals surface area contributed by atoms with Gasteiger partial charge in [0.1, 0.15) is 0 Å². The molecule has 10 aromatic carbocycles. The smallest absolute Gasteiger partial charge is 0.0540 e. The molecule has 0 atom stereocenters. The lowest BCUT2D eigenvalue weighted by Crippen LogP contribution is -2.11. The van der Waals surface area contributed by atoms with E-state index in [4.69, 9.17) is 0 Å². The molecule has 60 heavy (non-hydrogen) atoms. The van der Waals surface area contributed by atoms with Crippen LogP contribution in [-0.2, 0) is 0 Å². The lowest BCUT2D eigenvalue weighted by atomic mass is 9.88. The molecule has 1 nitrogen and oxygen atoms in total. The van der Waals surface area contributed by atoms with Gasteiger partial charge in [-0.3, -0.25) is 0 Å². The molecule has 0 fully saturated rings. The Labute approximate surface area is 354 Å². The predicted molar refractivity (Wildman–Crippen MR) is 259 cm³/mol. The van der Waals surface area contributed by atoms with Crippen LogP contribution in [0.25, 0.3) is 86.6 Å². The molecule has 0 aliphatic rings. The average molecular weight is 782 g/mol. The molecule has 0 aliphatic heterocycles. The topological polar surface area (TPSA) is 3.24 Å². The van der Waals surface area contributed by atoms with Crippen molar-refractivity contribution in [3.05, 3.63) is 237 Å². The summed E-state index contributed by atoms with van der Waals surface area (Å²) in [6.07, 6.45) is 0. The monoisotopic (exact) mass is 781 g/mol. The van der Waals surface area contributed by atoms with E-state index in [1.165, 1.54) is 86.6 Å². The van der Waals surface area contributed by atoms with Crippen LogP contribution >= 0.6 is 11.3 Å². The molecule has 0 spiro atoms. The third kappa shape index (κ3) is 6.44. The second kappa shape index (κ2) is 15.3. The first-order valence-electron chi connectivity index (χ1n) is 20.5. The van der Waals surface area contributed by atoms with Gasteiger partial charge < -0.3 is 4.90 Å². The zero-order chi connectivity index (χ0) is 39.8. The maximum Gasteiger partial charge on any atom is 0.0540 e. The van der Waals surface area contributed by atoms with Crippen LogP contribution < -0.4 is 4.90 Å². The Bertz CT molecular complexity index is 3300. The molecule has 11 aromatic rings. The lowest BCUT2D eigenvalue weighted by molar-refractivity contribution is 1.29. The van der Waals surface area contributed by atoms with Crippen molar-refractivity contribution < 1.29 is 0 Å². The summed E-state index contributed by atoms with van der Waals surface area (Å²) < 4.78 is 2.58. The van der Waals surface area contributed by atoms with Crippen LogP contribution in [0.15, 0.2) is 237 Å². The molecule has 282 valence electrons. The van der Waals surface area contributed by atoms with Gasteiger partial charge in [0.15, 0.2) is 0 Å². The van der Waals surface area contributed by atoms with Crippen LogP contribution in [-0.4, -0.2) is 0 Å². The van der Waals surface area contributed by atoms with Gasteiger partial charge >= 0.3 is 0 Å². The van der Waals surface area contributed by atoms with Gasteiger partial charge in [0, 0.05) is 37.1 Å². The van der Waals surface area contributed by atoms with E-state index in [1.807, 2.05) is 11.3 Å². The molecule has 0 unspecified atom stereocenters. The van der Waals surface area contributed by atoms with Gasteiger partial charge in [-0.2, -0.15) is 0 Å². The summed E-state index contributed by atoms with van der Waals surface area (Å²) in [5, 5.41) is 5.12. The van der Waals surface area contributed by atoms with Crippen LogP contribution in [0, 0.1) is 0 Å². The highest BCUT2D eigenvalue weighted by atomic mass is 32.1. The number of anilines is 3. The fourth-order valence-electron chi connectivity index (χ4n) is 8.84. The Balaban J connectivity index is 1.03. The molecule has 11 rings (SSSR count). The number of benzene rings is 10. The number of hydrogen-bond donors (Lipinski definition) is 0. The van der Waals surface area contributed by atoms with Crippen LogP contribution in [0.3, 0.4) is 0 Å². The first-order chi connectivity index (χ1) is 29.8. The van der Waals surface area contributed by atoms with E-state index in [1.54, 1.807) is 0 Å². The third-order valence-electron chi connectivity index (χ3n) is 11.7. The zero-order valence-corrected chi connectivity index (χ0v) is 33.7. The highest BCUT2D eigenvalue weighted by molar-refractivity contribution is 7.25. The molecular formula is C58H39NS. The van der Waals surface area contributed by atoms with Gasteiger partial charge in [-0.25, -0.2) is 0 Å². The largest absolute Gasteiger partial charge is 0.310 e. The van der Waals surface area contributed by atoms with Crippen LogP contribution in [0.2, 0.25) is 0 Å². The van der Waals surface area contributed by atoms with Crippen molar-refractivity contribution >= 4 is 59.3 Å². The van der Waals surface area contributed by atoms with Crippen molar-refractivity contribution in [1.82, 2.24) is 0 Å². The van der Waals surface area contributed by atoms with Crippen LogP contribution in [0.5, 0.6) is 0 Å². The Kier molecular flexibility index (Phi) is 9.11. The van der Waals surface area contributed by atoms with E-state index in [0.717, 1.165) is 17.1 Å². The van der Waals surface area contributed by atoms with E-state index in [0.29, 0.717) is 0 Å². The quantitative estimate of drug-likeness (QED) is 0.148. The molecule has 0 saturated carbocycles. The highest BCUT2D eigenvalue weighted by Gasteiger charge is 2.21. The van der Waals surface area contributed by atoms with E-state index < -0.39 is 0 Å². The lowest BCUT2D eigenvalue weighted by Gasteiger charge is -2.29. The fourth-order valence-corrected chi connectivity index (χ4v) is 9.98. The Morgan fingerprint density at radius 2 is 0.750 bits per heavy atom. The van der Waals surface area contributed by atoms with E-state index in [2.05, 4.69) is 241 Å². The first-order valence-corrected chi connectivity index (χ1v) is 21.3. The number of rotatable bonds is 8. The second-order valence-corrected chi connectivity index (χ2v) is 16.3. The second-order valence-electron chi connectivity index (χ2n) is 15.2. The molecule has 0 saturated heterocycles. The molecule has 1 heterocycles. The molecule has 0 N–H and O–H groups in total. The van der Waals surface area contributed by atoms with Crippen molar-refractivity contribution in [2.45, 2.75) is 0 Å². The molecular weight excluding hydrogens is 743 g/mol. The average Bonchev–Trinajstić information content (AvgIpc) is 3.70. The van der Waals surface area contributed by atoms with Crippen molar-refractivity contribution in [2.24, 2.45) is 0 Å². The maximum absolute atomic E-state index is 2.44. The number of fused-ring (bicyclic) bond motifs is 4. The Hall–Kier alpha value is -7.52. The van der Waals surface area contributed by atoms with E-state index in [-0.39, 0.29) is 0 Å². The molecule has 0 aliphatic carbocycles. The molecule has 2 heteroatoms. The SMILES string of the molecule is c1ccc(-c2ccccc2-c2ccccc2-c2ccccc2N(c2ccc(-c3ccc(-c4cccc5ccccc45)cc3)cc2)c2ccc3c(c2)sc2ccccc23)cc1. The molecule has 1 aromatic heterocycles. The van der Waals surface area contributed by atoms with Gasteiger partial charge in [0.05, 0.1) is 5.69 Å². The van der Waals surface area contributed by atoms with Crippen molar-refractivity contribution in [3.63, 3.8) is 0 Å². The Morgan fingerprint density at radius 3 is 1.52 bits per heavy atom. The summed E-state index contributed by atoms with van der Waals surface area (Å²) in [5.74, 6) is 0. The van der Waals surface area contributed by atoms with Crippen molar-refractivity contribution in [3.8, 4) is 55.6 Å². The normalized spacial score (nSPS) is 11.3. The third-order valence-corrected chi connectivity index (χ3v) is 12.9. The molecule has 0 radical (unpaired) electrons. The summed E-state index contributed by atoms with van der Waals surface area (Å²) in [6.45, 7) is 0. The van der Waals surface area contributed by atoms with Crippen molar-refractivity contribution in [2.75, 3.05) is 4.90 Å². The van der Waals surface area contributed by atoms with Gasteiger partial charge in [0.25, 0.3) is 0 Å². The minimum Gasteiger partial charge on any atom is -0.310 e. The maximum atomic E-state index is 2.44. The Morgan fingerprint density at radius 1 is 0.267 bits per heavy atom. The summed E-state index contributed by atoms with van der Waals surface area (Å²) >= 11 is 1.86. The summed E-state index contributed by atoms with van der Waals surface area (Å²) in [6, 6.07) is 86.1. The van der Waals surface area contributed by atoms with Crippen LogP contribution in [0.4, 0.5) is 17.1 Å². The van der Waals surface area contributed by atoms with Gasteiger partial charge in [-0.15, -0.1) is 11.3 Å². The van der Waals surface area contributed by atoms with Gasteiger partial charge in [0.2, 0.25) is 0 Å². The van der Waals surface area contributed by atoms with Gasteiger partial charge in [-0.05, 0) is 97.2 Å². The zero-order valence-electron chi connectivity index (χ0n) is 32.9. The minimum absolute atomic E-state index is 1.10. The summed E-state index contributed by atoms with van der Waals surface area (Å²) in [4.78, 5) is 2.44. The molecule has 0 amide bonds. The highest BCUT2D eigenvalue weighted by Crippen LogP contribution is 2.47. The number of thiophene rings is 1. The minimum atomic E-state index is 1.10. The van der Waals surface area contributed by atoms with E-state index >= 15 is 0 Å². The predicted octanol–water partition coefficient (Wildman–Crippen LogP) is 17.0. The number of para-hydroxylation sites is 1. The first kappa shape index (κ1) is 35.6. The van der Waals surface area contributed by atoms with Gasteiger partial charge in [-0.1, -0.05) is 200 Å². The van der Waals surface area contributed by atoms with Crippen molar-refractivity contribution in [1.29, 1.82) is 0 Å². The summed E-state index contributed by atoms with van der Waals surface area (Å²) in [5.41, 5.74) is 15.4.